The number of nitrogens with one attached hydrogen (secondary N) is 1. The van der Waals surface area contributed by atoms with Crippen LogP contribution < -0.4 is 5.32 Å². The van der Waals surface area contributed by atoms with Gasteiger partial charge < -0.3 is 10.1 Å². The molecule has 0 aliphatic carbocycles. The minimum Gasteiger partial charge on any atom is -0.356 e. The highest BCUT2D eigenvalue weighted by atomic mass is 35.5. The van der Waals surface area contributed by atoms with Crippen LogP contribution in [-0.4, -0.2) is 17.6 Å². The van der Waals surface area contributed by atoms with Crippen LogP contribution >= 0.6 is 11.6 Å². The van der Waals surface area contributed by atoms with Gasteiger partial charge in [0.2, 0.25) is 0 Å². The van der Waals surface area contributed by atoms with Crippen molar-refractivity contribution >= 4 is 11.6 Å². The molecule has 4 heteroatoms. The van der Waals surface area contributed by atoms with Gasteiger partial charge in [0.1, 0.15) is 6.10 Å². The molecule has 1 aromatic heterocycles. The second-order valence-corrected chi connectivity index (χ2v) is 6.72. The van der Waals surface area contributed by atoms with E-state index in [1.807, 2.05) is 6.07 Å². The van der Waals surface area contributed by atoms with E-state index in [-0.39, 0.29) is 11.7 Å². The summed E-state index contributed by atoms with van der Waals surface area (Å²) in [5.41, 5.74) is 3.24. The number of hydrogen-bond acceptors (Lipinski definition) is 3. The summed E-state index contributed by atoms with van der Waals surface area (Å²) in [5, 5.41) is 4.21. The first-order valence-electron chi connectivity index (χ1n) is 7.80. The number of halogens is 1. The molecule has 0 amide bonds. The number of ether oxygens (including phenoxy) is 1. The van der Waals surface area contributed by atoms with Crippen LogP contribution in [0.4, 0.5) is 0 Å². The van der Waals surface area contributed by atoms with Crippen molar-refractivity contribution in [3.8, 4) is 0 Å². The summed E-state index contributed by atoms with van der Waals surface area (Å²) in [6.45, 7) is 3.20. The Bertz CT molecular complexity index is 705. The van der Waals surface area contributed by atoms with Gasteiger partial charge in [-0.1, -0.05) is 35.9 Å². The van der Waals surface area contributed by atoms with Crippen LogP contribution in [0.3, 0.4) is 0 Å². The molecule has 1 spiro atoms. The van der Waals surface area contributed by atoms with Crippen LogP contribution in [0.5, 0.6) is 0 Å². The minimum absolute atomic E-state index is 0.125. The Hall–Kier alpha value is -1.42. The van der Waals surface area contributed by atoms with Crippen molar-refractivity contribution < 1.29 is 4.74 Å². The number of nitrogens with zero attached hydrogens (tertiary/aromatic N) is 1. The lowest BCUT2D eigenvalue weighted by Crippen LogP contribution is -2.45. The SMILES string of the molecule is CC1CC2(CCN1)OC(c1cc(Cl)ccn1)c1ccccc12. The molecule has 0 radical (unpaired) electrons. The zero-order valence-corrected chi connectivity index (χ0v) is 13.3. The summed E-state index contributed by atoms with van der Waals surface area (Å²) < 4.78 is 6.61. The summed E-state index contributed by atoms with van der Waals surface area (Å²) >= 11 is 6.15. The number of piperidine rings is 1. The molecule has 3 heterocycles. The first kappa shape index (κ1) is 14.2. The van der Waals surface area contributed by atoms with E-state index in [2.05, 4.69) is 41.5 Å². The molecule has 114 valence electrons. The van der Waals surface area contributed by atoms with Gasteiger partial charge in [0, 0.05) is 17.3 Å². The fourth-order valence-corrected chi connectivity index (χ4v) is 3.99. The van der Waals surface area contributed by atoms with Crippen molar-refractivity contribution in [3.63, 3.8) is 0 Å². The van der Waals surface area contributed by atoms with E-state index >= 15 is 0 Å². The van der Waals surface area contributed by atoms with Gasteiger partial charge >= 0.3 is 0 Å². The van der Waals surface area contributed by atoms with E-state index in [0.717, 1.165) is 25.1 Å². The second kappa shape index (κ2) is 5.34. The molecule has 3 unspecified atom stereocenters. The standard InChI is InChI=1S/C18H19ClN2O/c1-12-11-18(7-9-20-12)15-5-3-2-4-14(15)17(22-18)16-10-13(19)6-8-21-16/h2-6,8,10,12,17,20H,7,9,11H2,1H3. The summed E-state index contributed by atoms with van der Waals surface area (Å²) in [4.78, 5) is 4.49. The predicted octanol–water partition coefficient (Wildman–Crippen LogP) is 3.82. The number of aromatic nitrogens is 1. The highest BCUT2D eigenvalue weighted by Crippen LogP contribution is 2.51. The molecular formula is C18H19ClN2O. The van der Waals surface area contributed by atoms with Crippen LogP contribution in [0.1, 0.15) is 42.7 Å². The Labute approximate surface area is 135 Å². The third-order valence-corrected chi connectivity index (χ3v) is 4.98. The molecule has 1 fully saturated rings. The monoisotopic (exact) mass is 314 g/mol. The molecule has 1 N–H and O–H groups in total. The predicted molar refractivity (Wildman–Crippen MR) is 87.0 cm³/mol. The van der Waals surface area contributed by atoms with E-state index in [4.69, 9.17) is 16.3 Å². The summed E-state index contributed by atoms with van der Waals surface area (Å²) in [5.74, 6) is 0. The van der Waals surface area contributed by atoms with Crippen LogP contribution in [-0.2, 0) is 10.3 Å². The Kier molecular flexibility index (Phi) is 3.44. The molecule has 1 aromatic carbocycles. The van der Waals surface area contributed by atoms with Gasteiger partial charge in [-0.3, -0.25) is 4.98 Å². The van der Waals surface area contributed by atoms with Crippen LogP contribution in [0.15, 0.2) is 42.6 Å². The number of pyridine rings is 1. The van der Waals surface area contributed by atoms with Crippen molar-refractivity contribution in [2.75, 3.05) is 6.54 Å². The topological polar surface area (TPSA) is 34.1 Å². The fourth-order valence-electron chi connectivity index (χ4n) is 3.82. The Morgan fingerprint density at radius 1 is 1.32 bits per heavy atom. The highest BCUT2D eigenvalue weighted by molar-refractivity contribution is 6.30. The Balaban J connectivity index is 1.80. The molecule has 3 atom stereocenters. The van der Waals surface area contributed by atoms with Gasteiger partial charge in [-0.05, 0) is 49.6 Å². The molecule has 3 nitrogen and oxygen atoms in total. The van der Waals surface area contributed by atoms with Gasteiger partial charge in [0.15, 0.2) is 0 Å². The number of hydrogen-bond donors (Lipinski definition) is 1. The van der Waals surface area contributed by atoms with Crippen molar-refractivity contribution in [1.82, 2.24) is 10.3 Å². The van der Waals surface area contributed by atoms with E-state index in [1.54, 1.807) is 12.3 Å². The lowest BCUT2D eigenvalue weighted by atomic mass is 9.81. The third-order valence-electron chi connectivity index (χ3n) is 4.75. The first-order valence-corrected chi connectivity index (χ1v) is 8.18. The van der Waals surface area contributed by atoms with Gasteiger partial charge in [0.05, 0.1) is 11.3 Å². The molecule has 1 saturated heterocycles. The van der Waals surface area contributed by atoms with Gasteiger partial charge in [-0.15, -0.1) is 0 Å². The number of rotatable bonds is 1. The zero-order valence-electron chi connectivity index (χ0n) is 12.6. The normalized spacial score (nSPS) is 30.5. The van der Waals surface area contributed by atoms with Crippen molar-refractivity contribution in [1.29, 1.82) is 0 Å². The van der Waals surface area contributed by atoms with E-state index in [0.29, 0.717) is 11.1 Å². The van der Waals surface area contributed by atoms with Crippen molar-refractivity contribution in [3.05, 3.63) is 64.4 Å². The zero-order chi connectivity index (χ0) is 15.2. The van der Waals surface area contributed by atoms with Gasteiger partial charge in [-0.2, -0.15) is 0 Å². The molecule has 2 aliphatic rings. The largest absolute Gasteiger partial charge is 0.356 e. The average Bonchev–Trinajstić information content (AvgIpc) is 2.82. The maximum Gasteiger partial charge on any atom is 0.126 e. The van der Waals surface area contributed by atoms with Crippen LogP contribution in [0.2, 0.25) is 5.02 Å². The van der Waals surface area contributed by atoms with E-state index < -0.39 is 0 Å². The lowest BCUT2D eigenvalue weighted by molar-refractivity contribution is -0.0883. The summed E-state index contributed by atoms with van der Waals surface area (Å²) in [6, 6.07) is 12.7. The number of benzene rings is 1. The van der Waals surface area contributed by atoms with Crippen LogP contribution in [0, 0.1) is 0 Å². The fraction of sp³-hybridized carbons (Fsp3) is 0.389. The molecule has 0 saturated carbocycles. The highest BCUT2D eigenvalue weighted by Gasteiger charge is 2.47. The smallest absolute Gasteiger partial charge is 0.126 e. The van der Waals surface area contributed by atoms with E-state index in [9.17, 15) is 0 Å². The average molecular weight is 315 g/mol. The molecule has 2 aromatic rings. The first-order chi connectivity index (χ1) is 10.7. The maximum absolute atomic E-state index is 6.61. The second-order valence-electron chi connectivity index (χ2n) is 6.29. The Morgan fingerprint density at radius 3 is 3.00 bits per heavy atom. The van der Waals surface area contributed by atoms with Gasteiger partial charge in [0.25, 0.3) is 0 Å². The van der Waals surface area contributed by atoms with Crippen molar-refractivity contribution in [2.24, 2.45) is 0 Å². The molecule has 0 bridgehead atoms. The van der Waals surface area contributed by atoms with Crippen LogP contribution in [0.25, 0.3) is 0 Å². The summed E-state index contributed by atoms with van der Waals surface area (Å²) in [6.07, 6.45) is 3.60. The number of fused-ring (bicyclic) bond motifs is 2. The molecule has 2 aliphatic heterocycles. The van der Waals surface area contributed by atoms with E-state index in [1.165, 1.54) is 11.1 Å². The third kappa shape index (κ3) is 2.24. The minimum atomic E-state index is -0.198. The quantitative estimate of drug-likeness (QED) is 0.869. The maximum atomic E-state index is 6.61. The molecular weight excluding hydrogens is 296 g/mol. The van der Waals surface area contributed by atoms with Crippen molar-refractivity contribution in [2.45, 2.75) is 37.5 Å². The molecule has 4 rings (SSSR count). The van der Waals surface area contributed by atoms with Gasteiger partial charge in [-0.25, -0.2) is 0 Å². The lowest BCUT2D eigenvalue weighted by Gasteiger charge is -2.38. The Morgan fingerprint density at radius 2 is 2.18 bits per heavy atom. The molecule has 22 heavy (non-hydrogen) atoms. The summed E-state index contributed by atoms with van der Waals surface area (Å²) in [7, 11) is 0.